The summed E-state index contributed by atoms with van der Waals surface area (Å²) in [5.74, 6) is -0.364. The fraction of sp³-hybridized carbons (Fsp3) is 0.925. The minimum atomic E-state index is -4.24. The van der Waals surface area contributed by atoms with Crippen molar-refractivity contribution in [1.82, 2.24) is 0 Å². The molecule has 0 bridgehead atoms. The molecule has 0 saturated heterocycles. The Morgan fingerprint density at radius 2 is 1.06 bits per heavy atom. The third-order valence-corrected chi connectivity index (χ3v) is 9.78. The van der Waals surface area contributed by atoms with Crippen LogP contribution in [-0.4, -0.2) is 75.6 Å². The number of likely N-dealkylation sites (N-methyl/N-ethyl adjacent to an activating group) is 1. The van der Waals surface area contributed by atoms with Crippen LogP contribution in [0.3, 0.4) is 0 Å². The van der Waals surface area contributed by atoms with Gasteiger partial charge in [0.25, 0.3) is 0 Å². The molecule has 0 radical (unpaired) electrons. The number of esters is 1. The predicted octanol–water partition coefficient (Wildman–Crippen LogP) is 11.5. The zero-order chi connectivity index (χ0) is 36.3. The smallest absolute Gasteiger partial charge is 0.457 e. The SMILES string of the molecule is CCCCCCCCCC/C=C\CCCCCCCCCCCCCCCCOCC(COP(=O)(O)OCC[N+](C)(C)C)OC(=O)CCC. The van der Waals surface area contributed by atoms with Crippen molar-refractivity contribution in [2.75, 3.05) is 54.1 Å². The molecule has 0 heterocycles. The van der Waals surface area contributed by atoms with Crippen molar-refractivity contribution in [2.45, 2.75) is 187 Å². The summed E-state index contributed by atoms with van der Waals surface area (Å²) in [7, 11) is 1.67. The van der Waals surface area contributed by atoms with Crippen LogP contribution in [0.5, 0.6) is 0 Å². The number of phosphoric acid groups is 1. The monoisotopic (exact) mass is 719 g/mol. The third-order valence-electron chi connectivity index (χ3n) is 8.80. The molecule has 0 fully saturated rings. The van der Waals surface area contributed by atoms with Gasteiger partial charge in [-0.1, -0.05) is 148 Å². The quantitative estimate of drug-likeness (QED) is 0.0223. The second-order valence-corrected chi connectivity index (χ2v) is 16.5. The van der Waals surface area contributed by atoms with Crippen LogP contribution in [0.15, 0.2) is 12.2 Å². The number of nitrogens with zero attached hydrogens (tertiary/aromatic N) is 1. The molecular formula is C40H81NO7P+. The molecule has 0 aliphatic rings. The topological polar surface area (TPSA) is 91.3 Å². The maximum absolute atomic E-state index is 12.2. The largest absolute Gasteiger partial charge is 0.472 e. The molecule has 0 aromatic rings. The lowest BCUT2D eigenvalue weighted by Gasteiger charge is -2.24. The van der Waals surface area contributed by atoms with E-state index in [9.17, 15) is 14.3 Å². The van der Waals surface area contributed by atoms with E-state index < -0.39 is 13.9 Å². The second-order valence-electron chi connectivity index (χ2n) is 15.0. The summed E-state index contributed by atoms with van der Waals surface area (Å²) in [4.78, 5) is 22.0. The van der Waals surface area contributed by atoms with Gasteiger partial charge in [0.1, 0.15) is 19.3 Å². The predicted molar refractivity (Wildman–Crippen MR) is 206 cm³/mol. The number of carbonyl (C=O) groups excluding carboxylic acids is 1. The Bertz CT molecular complexity index is 802. The summed E-state index contributed by atoms with van der Waals surface area (Å²) in [6, 6.07) is 0. The van der Waals surface area contributed by atoms with E-state index in [4.69, 9.17) is 18.5 Å². The van der Waals surface area contributed by atoms with E-state index >= 15 is 0 Å². The molecule has 2 atom stereocenters. The second kappa shape index (κ2) is 34.3. The summed E-state index contributed by atoms with van der Waals surface area (Å²) in [5, 5.41) is 0. The first-order valence-electron chi connectivity index (χ1n) is 20.4. The molecule has 0 rings (SSSR count). The number of hydrogen-bond donors (Lipinski definition) is 1. The molecule has 0 spiro atoms. The maximum atomic E-state index is 12.2. The van der Waals surface area contributed by atoms with Crippen LogP contribution in [0.2, 0.25) is 0 Å². The van der Waals surface area contributed by atoms with Gasteiger partial charge in [-0.05, 0) is 38.5 Å². The van der Waals surface area contributed by atoms with Crippen LogP contribution in [0.4, 0.5) is 0 Å². The van der Waals surface area contributed by atoms with E-state index in [0.29, 0.717) is 24.1 Å². The summed E-state index contributed by atoms with van der Waals surface area (Å²) >= 11 is 0. The Kier molecular flexibility index (Phi) is 33.8. The molecule has 1 N–H and O–H groups in total. The van der Waals surface area contributed by atoms with Crippen molar-refractivity contribution < 1.29 is 37.3 Å². The molecular weight excluding hydrogens is 637 g/mol. The van der Waals surface area contributed by atoms with E-state index in [1.54, 1.807) is 0 Å². The molecule has 0 aromatic carbocycles. The lowest BCUT2D eigenvalue weighted by atomic mass is 10.0. The Morgan fingerprint density at radius 3 is 1.51 bits per heavy atom. The van der Waals surface area contributed by atoms with Gasteiger partial charge >= 0.3 is 13.8 Å². The maximum Gasteiger partial charge on any atom is 0.472 e. The average Bonchev–Trinajstić information content (AvgIpc) is 3.04. The Balaban J connectivity index is 3.65. The van der Waals surface area contributed by atoms with Crippen molar-refractivity contribution in [3.63, 3.8) is 0 Å². The molecule has 0 amide bonds. The number of carbonyl (C=O) groups is 1. The lowest BCUT2D eigenvalue weighted by molar-refractivity contribution is -0.870. The highest BCUT2D eigenvalue weighted by Gasteiger charge is 2.26. The molecule has 0 aromatic heterocycles. The lowest BCUT2D eigenvalue weighted by Crippen LogP contribution is -2.37. The van der Waals surface area contributed by atoms with Crippen LogP contribution in [-0.2, 0) is 27.9 Å². The molecule has 0 saturated carbocycles. The molecule has 49 heavy (non-hydrogen) atoms. The number of quaternary nitrogens is 1. The highest BCUT2D eigenvalue weighted by atomic mass is 31.2. The van der Waals surface area contributed by atoms with Crippen molar-refractivity contribution in [3.05, 3.63) is 12.2 Å². The molecule has 0 aliphatic carbocycles. The fourth-order valence-electron chi connectivity index (χ4n) is 5.64. The van der Waals surface area contributed by atoms with Gasteiger partial charge in [0, 0.05) is 13.0 Å². The summed E-state index contributed by atoms with van der Waals surface area (Å²) in [6.45, 7) is 5.28. The Hall–Kier alpha value is -0.760. The van der Waals surface area contributed by atoms with E-state index in [2.05, 4.69) is 19.1 Å². The minimum absolute atomic E-state index is 0.0894. The van der Waals surface area contributed by atoms with Crippen LogP contribution < -0.4 is 0 Å². The molecule has 8 nitrogen and oxygen atoms in total. The van der Waals surface area contributed by atoms with Gasteiger partial charge in [-0.2, -0.15) is 0 Å². The van der Waals surface area contributed by atoms with E-state index in [1.165, 1.54) is 141 Å². The zero-order valence-corrected chi connectivity index (χ0v) is 33.8. The van der Waals surface area contributed by atoms with Crippen LogP contribution in [0.25, 0.3) is 0 Å². The van der Waals surface area contributed by atoms with E-state index in [-0.39, 0.29) is 32.2 Å². The first-order valence-corrected chi connectivity index (χ1v) is 21.9. The number of unbranched alkanes of at least 4 members (excludes halogenated alkanes) is 22. The number of rotatable bonds is 38. The Labute approximate surface area is 303 Å². The van der Waals surface area contributed by atoms with Gasteiger partial charge < -0.3 is 18.9 Å². The summed E-state index contributed by atoms with van der Waals surface area (Å²) < 4.78 is 34.2. The normalized spacial score (nSPS) is 14.0. The average molecular weight is 719 g/mol. The van der Waals surface area contributed by atoms with Gasteiger partial charge in [0.2, 0.25) is 0 Å². The number of phosphoric ester groups is 1. The fourth-order valence-corrected chi connectivity index (χ4v) is 6.39. The van der Waals surface area contributed by atoms with Crippen LogP contribution in [0.1, 0.15) is 181 Å². The van der Waals surface area contributed by atoms with Gasteiger partial charge in [0.05, 0.1) is 34.4 Å². The number of hydrogen-bond acceptors (Lipinski definition) is 6. The van der Waals surface area contributed by atoms with Crippen LogP contribution >= 0.6 is 7.82 Å². The van der Waals surface area contributed by atoms with Gasteiger partial charge in [-0.25, -0.2) is 4.57 Å². The van der Waals surface area contributed by atoms with Gasteiger partial charge in [0.15, 0.2) is 0 Å². The highest BCUT2D eigenvalue weighted by Crippen LogP contribution is 2.43. The Morgan fingerprint density at radius 1 is 0.612 bits per heavy atom. The first kappa shape index (κ1) is 48.2. The number of ether oxygens (including phenoxy) is 2. The standard InChI is InChI=1S/C40H80NO7P/c1-6-8-9-10-11-12-13-14-15-16-17-18-19-20-21-22-23-24-25-26-27-28-29-30-31-32-35-45-37-39(48-40(42)33-7-2)38-47-49(43,44)46-36-34-41(3,4)5/h16-17,39H,6-15,18-38H2,1-5H3/p+1/b17-16-. The van der Waals surface area contributed by atoms with Crippen LogP contribution in [0, 0.1) is 0 Å². The number of allylic oxidation sites excluding steroid dienone is 2. The summed E-state index contributed by atoms with van der Waals surface area (Å²) in [6.07, 6.45) is 37.0. The van der Waals surface area contributed by atoms with Crippen molar-refractivity contribution in [3.8, 4) is 0 Å². The van der Waals surface area contributed by atoms with E-state index in [1.807, 2.05) is 28.1 Å². The first-order chi connectivity index (χ1) is 23.6. The van der Waals surface area contributed by atoms with Gasteiger partial charge in [-0.3, -0.25) is 13.8 Å². The molecule has 0 aliphatic heterocycles. The van der Waals surface area contributed by atoms with Gasteiger partial charge in [-0.15, -0.1) is 0 Å². The zero-order valence-electron chi connectivity index (χ0n) is 32.9. The van der Waals surface area contributed by atoms with Crippen molar-refractivity contribution >= 4 is 13.8 Å². The van der Waals surface area contributed by atoms with E-state index in [0.717, 1.165) is 12.8 Å². The molecule has 2 unspecified atom stereocenters. The van der Waals surface area contributed by atoms with Crippen molar-refractivity contribution in [2.24, 2.45) is 0 Å². The minimum Gasteiger partial charge on any atom is -0.457 e. The van der Waals surface area contributed by atoms with Crippen molar-refractivity contribution in [1.29, 1.82) is 0 Å². The third kappa shape index (κ3) is 38.3. The molecule has 292 valence electrons. The highest BCUT2D eigenvalue weighted by molar-refractivity contribution is 7.47. The summed E-state index contributed by atoms with van der Waals surface area (Å²) in [5.41, 5.74) is 0. The molecule has 9 heteroatoms.